The Morgan fingerprint density at radius 2 is 1.52 bits per heavy atom. The van der Waals surface area contributed by atoms with E-state index >= 15 is 0 Å². The van der Waals surface area contributed by atoms with Crippen LogP contribution in [0.4, 0.5) is 0 Å². The molecule has 5 heteroatoms. The maximum Gasteiger partial charge on any atom is 0.265 e. The molecule has 1 aromatic heterocycles. The topological polar surface area (TPSA) is 51.8 Å². The Balaban J connectivity index is 2.06. The number of aromatic nitrogens is 1. The first-order valence-electron chi connectivity index (χ1n) is 7.79. The highest BCUT2D eigenvalue weighted by atomic mass is 16.5. The minimum absolute atomic E-state index is 0.623. The lowest BCUT2D eigenvalue weighted by Crippen LogP contribution is -2.34. The van der Waals surface area contributed by atoms with E-state index in [1.54, 1.807) is 39.5 Å². The van der Waals surface area contributed by atoms with Crippen molar-refractivity contribution in [3.63, 3.8) is 0 Å². The summed E-state index contributed by atoms with van der Waals surface area (Å²) in [6.45, 7) is 0. The van der Waals surface area contributed by atoms with Gasteiger partial charge in [0.25, 0.3) is 11.2 Å². The molecule has 0 amide bonds. The van der Waals surface area contributed by atoms with E-state index in [-0.39, 0.29) is 0 Å². The van der Waals surface area contributed by atoms with E-state index in [1.165, 1.54) is 0 Å². The Morgan fingerprint density at radius 3 is 2.16 bits per heavy atom. The van der Waals surface area contributed by atoms with Crippen LogP contribution >= 0.6 is 0 Å². The van der Waals surface area contributed by atoms with Crippen molar-refractivity contribution in [2.75, 3.05) is 21.3 Å². The summed E-state index contributed by atoms with van der Waals surface area (Å²) in [7, 11) is 4.77. The van der Waals surface area contributed by atoms with Gasteiger partial charge in [0.05, 0.1) is 32.3 Å². The number of pyridine rings is 1. The maximum absolute atomic E-state index is 10.4. The Labute approximate surface area is 146 Å². The molecule has 0 bridgehead atoms. The highest BCUT2D eigenvalue weighted by Gasteiger charge is 2.14. The highest BCUT2D eigenvalue weighted by Crippen LogP contribution is 2.35. The van der Waals surface area contributed by atoms with Gasteiger partial charge >= 0.3 is 0 Å². The van der Waals surface area contributed by atoms with Crippen LogP contribution in [0.5, 0.6) is 17.2 Å². The number of rotatable bonds is 5. The molecule has 0 saturated carbocycles. The molecule has 0 spiro atoms. The number of methoxy groups -OCH3 is 3. The molecule has 1 N–H and O–H groups in total. The quantitative estimate of drug-likeness (QED) is 0.571. The second kappa shape index (κ2) is 7.13. The average Bonchev–Trinajstić information content (AvgIpc) is 2.67. The Morgan fingerprint density at radius 1 is 0.840 bits per heavy atom. The first-order valence-corrected chi connectivity index (χ1v) is 7.79. The molecule has 0 radical (unpaired) electrons. The predicted molar refractivity (Wildman–Crippen MR) is 96.4 cm³/mol. The van der Waals surface area contributed by atoms with Crippen LogP contribution in [0.3, 0.4) is 0 Å². The number of para-hydroxylation sites is 1. The summed E-state index contributed by atoms with van der Waals surface area (Å²) >= 11 is 0. The van der Waals surface area contributed by atoms with E-state index < -0.39 is 0 Å². The van der Waals surface area contributed by atoms with Gasteiger partial charge in [-0.2, -0.15) is 0 Å². The summed E-state index contributed by atoms with van der Waals surface area (Å²) in [6.07, 6.45) is 3.65. The number of ether oxygens (including phenoxy) is 3. The monoisotopic (exact) mass is 338 g/mol. The molecule has 0 unspecified atom stereocenters. The molecule has 128 valence electrons. The normalized spacial score (nSPS) is 11.0. The van der Waals surface area contributed by atoms with Gasteiger partial charge in [0.2, 0.25) is 0 Å². The van der Waals surface area contributed by atoms with Crippen LogP contribution in [-0.2, 0) is 0 Å². The van der Waals surface area contributed by atoms with Gasteiger partial charge in [0, 0.05) is 35.1 Å². The van der Waals surface area contributed by atoms with Crippen molar-refractivity contribution in [3.8, 4) is 17.2 Å². The van der Waals surface area contributed by atoms with E-state index in [0.717, 1.165) is 21.2 Å². The number of hydrogen-bond donors (Lipinski definition) is 1. The van der Waals surface area contributed by atoms with Crippen molar-refractivity contribution in [2.45, 2.75) is 0 Å². The second-order valence-corrected chi connectivity index (χ2v) is 5.41. The first-order chi connectivity index (χ1) is 12.2. The fraction of sp³-hybridized carbons (Fsp3) is 0.150. The van der Waals surface area contributed by atoms with Crippen LogP contribution in [0.15, 0.2) is 48.5 Å². The van der Waals surface area contributed by atoms with Gasteiger partial charge in [-0.15, -0.1) is 0 Å². The van der Waals surface area contributed by atoms with Crippen LogP contribution in [0.1, 0.15) is 11.3 Å². The molecular formula is C20H20NO4+. The largest absolute Gasteiger partial charge is 0.496 e. The molecule has 3 rings (SSSR count). The molecule has 2 aromatic carbocycles. The molecule has 25 heavy (non-hydrogen) atoms. The van der Waals surface area contributed by atoms with Crippen LogP contribution < -0.4 is 18.9 Å². The first kappa shape index (κ1) is 16.6. The van der Waals surface area contributed by atoms with Gasteiger partial charge in [0.1, 0.15) is 17.2 Å². The molecule has 0 saturated heterocycles. The summed E-state index contributed by atoms with van der Waals surface area (Å²) in [6, 6.07) is 15.0. The van der Waals surface area contributed by atoms with Crippen LogP contribution in [0, 0.1) is 0 Å². The summed E-state index contributed by atoms with van der Waals surface area (Å²) in [4.78, 5) is 0. The molecule has 0 aliphatic rings. The molecule has 1 heterocycles. The Kier molecular flexibility index (Phi) is 4.75. The van der Waals surface area contributed by atoms with Crippen molar-refractivity contribution in [2.24, 2.45) is 0 Å². The maximum atomic E-state index is 10.4. The smallest absolute Gasteiger partial charge is 0.265 e. The molecule has 0 aliphatic heterocycles. The zero-order valence-electron chi connectivity index (χ0n) is 14.4. The third-order valence-electron chi connectivity index (χ3n) is 4.02. The van der Waals surface area contributed by atoms with Gasteiger partial charge in [-0.1, -0.05) is 12.1 Å². The van der Waals surface area contributed by atoms with Gasteiger partial charge in [-0.05, 0) is 18.2 Å². The zero-order valence-corrected chi connectivity index (χ0v) is 14.4. The fourth-order valence-electron chi connectivity index (χ4n) is 2.70. The van der Waals surface area contributed by atoms with Gasteiger partial charge in [-0.3, -0.25) is 5.21 Å². The third-order valence-corrected chi connectivity index (χ3v) is 4.02. The Hall–Kier alpha value is -3.21. The number of fused-ring (bicyclic) bond motifs is 1. The van der Waals surface area contributed by atoms with Crippen molar-refractivity contribution < 1.29 is 24.1 Å². The lowest BCUT2D eigenvalue weighted by molar-refractivity contribution is -0.885. The van der Waals surface area contributed by atoms with Gasteiger partial charge in [-0.25, -0.2) is 0 Å². The van der Waals surface area contributed by atoms with Crippen molar-refractivity contribution in [1.82, 2.24) is 0 Å². The van der Waals surface area contributed by atoms with E-state index in [9.17, 15) is 5.21 Å². The summed E-state index contributed by atoms with van der Waals surface area (Å²) < 4.78 is 17.3. The molecular weight excluding hydrogens is 318 g/mol. The van der Waals surface area contributed by atoms with Crippen molar-refractivity contribution >= 4 is 23.1 Å². The van der Waals surface area contributed by atoms with Crippen molar-refractivity contribution in [3.05, 3.63) is 59.8 Å². The number of benzene rings is 2. The van der Waals surface area contributed by atoms with Crippen LogP contribution in [-0.4, -0.2) is 26.5 Å². The molecule has 5 nitrogen and oxygen atoms in total. The van der Waals surface area contributed by atoms with Gasteiger partial charge in [0.15, 0.2) is 0 Å². The molecule has 3 aromatic rings. The lowest BCUT2D eigenvalue weighted by Gasteiger charge is -2.12. The van der Waals surface area contributed by atoms with Crippen LogP contribution in [0.25, 0.3) is 23.1 Å². The number of nitrogens with zero attached hydrogens (tertiary/aromatic N) is 1. The minimum atomic E-state index is 0.623. The van der Waals surface area contributed by atoms with E-state index in [0.29, 0.717) is 22.9 Å². The van der Waals surface area contributed by atoms with E-state index in [1.807, 2.05) is 42.5 Å². The second-order valence-electron chi connectivity index (χ2n) is 5.41. The molecule has 0 atom stereocenters. The standard InChI is InChI=1S/C20H20NO4/c1-23-16-12-19(24-2)17(20(13-16)25-3)11-10-15-9-8-14-6-4-5-7-18(14)21(15)22/h4-13,22H,1-3H3/q+1/b11-10+. The third kappa shape index (κ3) is 3.21. The SMILES string of the molecule is COc1cc(OC)c(/C=C/c2ccc3ccccc3[n+]2O)c(OC)c1. The van der Waals surface area contributed by atoms with Crippen LogP contribution in [0.2, 0.25) is 0 Å². The minimum Gasteiger partial charge on any atom is -0.496 e. The zero-order chi connectivity index (χ0) is 17.8. The fourth-order valence-corrected chi connectivity index (χ4v) is 2.70. The molecule has 0 fully saturated rings. The van der Waals surface area contributed by atoms with Gasteiger partial charge < -0.3 is 14.2 Å². The summed E-state index contributed by atoms with van der Waals surface area (Å²) in [5.41, 5.74) is 2.14. The van der Waals surface area contributed by atoms with Crippen molar-refractivity contribution in [1.29, 1.82) is 0 Å². The molecule has 0 aliphatic carbocycles. The average molecular weight is 338 g/mol. The Bertz CT molecular complexity index is 909. The highest BCUT2D eigenvalue weighted by molar-refractivity contribution is 5.79. The summed E-state index contributed by atoms with van der Waals surface area (Å²) in [5.74, 6) is 1.89. The summed E-state index contributed by atoms with van der Waals surface area (Å²) in [5, 5.41) is 11.4. The van der Waals surface area contributed by atoms with E-state index in [2.05, 4.69) is 0 Å². The lowest BCUT2D eigenvalue weighted by atomic mass is 10.1. The predicted octanol–water partition coefficient (Wildman–Crippen LogP) is 3.56. The number of hydrogen-bond acceptors (Lipinski definition) is 4. The van der Waals surface area contributed by atoms with E-state index in [4.69, 9.17) is 14.2 Å².